The zero-order valence-electron chi connectivity index (χ0n) is 14.9. The molecule has 4 rings (SSSR count). The maximum atomic E-state index is 12.8. The van der Waals surface area contributed by atoms with Crippen LogP contribution in [0.5, 0.6) is 0 Å². The monoisotopic (exact) mass is 388 g/mol. The lowest BCUT2D eigenvalue weighted by atomic mass is 9.93. The van der Waals surface area contributed by atoms with E-state index >= 15 is 0 Å². The third-order valence-electron chi connectivity index (χ3n) is 5.06. The normalized spacial score (nSPS) is 20.3. The zero-order chi connectivity index (χ0) is 19.7. The highest BCUT2D eigenvalue weighted by Gasteiger charge is 2.30. The van der Waals surface area contributed by atoms with Gasteiger partial charge in [0.15, 0.2) is 5.82 Å². The summed E-state index contributed by atoms with van der Waals surface area (Å²) in [5.74, 6) is 0.597. The number of hydrogen-bond donors (Lipinski definition) is 2. The van der Waals surface area contributed by atoms with Gasteiger partial charge >= 0.3 is 6.18 Å². The lowest BCUT2D eigenvalue weighted by Gasteiger charge is -2.26. The third-order valence-corrected chi connectivity index (χ3v) is 5.06. The first-order valence-corrected chi connectivity index (χ1v) is 9.14. The molecule has 1 aromatic carbocycles. The van der Waals surface area contributed by atoms with Gasteiger partial charge in [0.25, 0.3) is 0 Å². The van der Waals surface area contributed by atoms with Crippen LogP contribution in [0.25, 0.3) is 22.2 Å². The molecule has 0 amide bonds. The number of aromatic nitrogens is 3. The van der Waals surface area contributed by atoms with Crippen molar-refractivity contribution in [3.05, 3.63) is 48.4 Å². The van der Waals surface area contributed by atoms with Crippen LogP contribution in [0.15, 0.2) is 42.9 Å². The molecule has 8 heteroatoms. The summed E-state index contributed by atoms with van der Waals surface area (Å²) >= 11 is 0. The summed E-state index contributed by atoms with van der Waals surface area (Å²) in [6.45, 7) is 0. The van der Waals surface area contributed by atoms with E-state index in [0.717, 1.165) is 37.8 Å². The number of halogens is 3. The van der Waals surface area contributed by atoms with Crippen LogP contribution in [0.1, 0.15) is 31.2 Å². The minimum Gasteiger partial charge on any atom is -0.393 e. The molecular formula is C20H19F3N4O. The summed E-state index contributed by atoms with van der Waals surface area (Å²) in [4.78, 5) is 13.2. The van der Waals surface area contributed by atoms with Gasteiger partial charge in [-0.3, -0.25) is 4.98 Å². The van der Waals surface area contributed by atoms with Crippen molar-refractivity contribution in [2.45, 2.75) is 44.0 Å². The van der Waals surface area contributed by atoms with Gasteiger partial charge in [-0.15, -0.1) is 0 Å². The number of anilines is 1. The van der Waals surface area contributed by atoms with Gasteiger partial charge in [-0.05, 0) is 43.4 Å². The number of rotatable bonds is 3. The predicted molar refractivity (Wildman–Crippen MR) is 99.7 cm³/mol. The summed E-state index contributed by atoms with van der Waals surface area (Å²) in [5, 5.41) is 13.0. The SMILES string of the molecule is O[C@H]1CC[C@H](Nc2ncc(-c3ccc(C(F)(F)F)cc3)c3nccnc23)CC1. The molecule has 0 spiro atoms. The second kappa shape index (κ2) is 7.35. The number of benzene rings is 1. The molecule has 0 radical (unpaired) electrons. The predicted octanol–water partition coefficient (Wildman–Crippen LogP) is 4.43. The number of fused-ring (bicyclic) bond motifs is 1. The van der Waals surface area contributed by atoms with E-state index in [9.17, 15) is 18.3 Å². The third kappa shape index (κ3) is 3.77. The Kier molecular flexibility index (Phi) is 4.89. The van der Waals surface area contributed by atoms with Crippen LogP contribution in [0.3, 0.4) is 0 Å². The van der Waals surface area contributed by atoms with Gasteiger partial charge in [0.05, 0.1) is 11.7 Å². The first-order valence-electron chi connectivity index (χ1n) is 9.14. The molecule has 1 aliphatic rings. The van der Waals surface area contributed by atoms with Crippen molar-refractivity contribution < 1.29 is 18.3 Å². The molecule has 0 aliphatic heterocycles. The van der Waals surface area contributed by atoms with E-state index in [-0.39, 0.29) is 12.1 Å². The lowest BCUT2D eigenvalue weighted by molar-refractivity contribution is -0.137. The summed E-state index contributed by atoms with van der Waals surface area (Å²) in [6.07, 6.45) is 3.27. The molecule has 146 valence electrons. The molecule has 1 saturated carbocycles. The van der Waals surface area contributed by atoms with Gasteiger partial charge in [-0.25, -0.2) is 9.97 Å². The minimum absolute atomic E-state index is 0.193. The molecule has 0 atom stereocenters. The molecule has 0 bridgehead atoms. The van der Waals surface area contributed by atoms with E-state index < -0.39 is 11.7 Å². The Morgan fingerprint density at radius 3 is 2.18 bits per heavy atom. The van der Waals surface area contributed by atoms with E-state index in [1.807, 2.05) is 0 Å². The van der Waals surface area contributed by atoms with Gasteiger partial charge < -0.3 is 10.4 Å². The molecule has 5 nitrogen and oxygen atoms in total. The molecular weight excluding hydrogens is 369 g/mol. The Morgan fingerprint density at radius 2 is 1.54 bits per heavy atom. The first-order chi connectivity index (χ1) is 13.4. The molecule has 2 N–H and O–H groups in total. The molecule has 3 aromatic rings. The number of pyridine rings is 1. The van der Waals surface area contributed by atoms with Crippen molar-refractivity contribution in [1.29, 1.82) is 0 Å². The van der Waals surface area contributed by atoms with E-state index in [1.54, 1.807) is 18.6 Å². The van der Waals surface area contributed by atoms with Gasteiger partial charge in [0.1, 0.15) is 11.0 Å². The van der Waals surface area contributed by atoms with E-state index in [2.05, 4.69) is 20.3 Å². The fourth-order valence-electron chi connectivity index (χ4n) is 3.53. The Labute approximate surface area is 159 Å². The van der Waals surface area contributed by atoms with Crippen LogP contribution >= 0.6 is 0 Å². The zero-order valence-corrected chi connectivity index (χ0v) is 14.9. The number of hydrogen-bond acceptors (Lipinski definition) is 5. The summed E-state index contributed by atoms with van der Waals surface area (Å²) in [7, 11) is 0. The van der Waals surface area contributed by atoms with Crippen molar-refractivity contribution in [2.24, 2.45) is 0 Å². The maximum Gasteiger partial charge on any atom is 0.416 e. The topological polar surface area (TPSA) is 70.9 Å². The van der Waals surface area contributed by atoms with E-state index in [1.165, 1.54) is 12.1 Å². The van der Waals surface area contributed by atoms with Crippen molar-refractivity contribution >= 4 is 16.9 Å². The molecule has 28 heavy (non-hydrogen) atoms. The Hall–Kier alpha value is -2.74. The largest absolute Gasteiger partial charge is 0.416 e. The molecule has 1 fully saturated rings. The van der Waals surface area contributed by atoms with Crippen LogP contribution in [0.4, 0.5) is 19.0 Å². The highest BCUT2D eigenvalue weighted by Crippen LogP contribution is 2.34. The molecule has 2 aromatic heterocycles. The number of nitrogens with zero attached hydrogens (tertiary/aromatic N) is 3. The van der Waals surface area contributed by atoms with Crippen LogP contribution in [-0.4, -0.2) is 32.2 Å². The fraction of sp³-hybridized carbons (Fsp3) is 0.350. The maximum absolute atomic E-state index is 12.8. The van der Waals surface area contributed by atoms with Crippen LogP contribution in [0, 0.1) is 0 Å². The highest BCUT2D eigenvalue weighted by atomic mass is 19.4. The molecule has 2 heterocycles. The van der Waals surface area contributed by atoms with Crippen LogP contribution in [-0.2, 0) is 6.18 Å². The standard InChI is InChI=1S/C20H19F3N4O/c21-20(22,23)13-3-1-12(2-4-13)16-11-26-19(18-17(16)24-9-10-25-18)27-14-5-7-15(28)8-6-14/h1-4,9-11,14-15,28H,5-8H2,(H,26,27)/t14-,15-. The quantitative estimate of drug-likeness (QED) is 0.695. The second-order valence-corrected chi connectivity index (χ2v) is 7.00. The summed E-state index contributed by atoms with van der Waals surface area (Å²) in [6, 6.07) is 5.14. The minimum atomic E-state index is -4.37. The number of alkyl halides is 3. The van der Waals surface area contributed by atoms with Crippen LogP contribution in [0.2, 0.25) is 0 Å². The lowest BCUT2D eigenvalue weighted by Crippen LogP contribution is -2.28. The average molecular weight is 388 g/mol. The smallest absolute Gasteiger partial charge is 0.393 e. The number of aliphatic hydroxyl groups is 1. The average Bonchev–Trinajstić information content (AvgIpc) is 2.69. The Balaban J connectivity index is 1.68. The van der Waals surface area contributed by atoms with Crippen molar-refractivity contribution in [3.63, 3.8) is 0 Å². The molecule has 0 saturated heterocycles. The van der Waals surface area contributed by atoms with E-state index in [4.69, 9.17) is 0 Å². The van der Waals surface area contributed by atoms with Crippen molar-refractivity contribution in [1.82, 2.24) is 15.0 Å². The Bertz CT molecular complexity index is 967. The van der Waals surface area contributed by atoms with Gasteiger partial charge in [-0.1, -0.05) is 12.1 Å². The highest BCUT2D eigenvalue weighted by molar-refractivity contribution is 5.96. The summed E-state index contributed by atoms with van der Waals surface area (Å²) in [5.41, 5.74) is 1.68. The van der Waals surface area contributed by atoms with Crippen LogP contribution < -0.4 is 5.32 Å². The molecule has 1 aliphatic carbocycles. The van der Waals surface area contributed by atoms with Gasteiger partial charge in [0, 0.05) is 30.2 Å². The fourth-order valence-corrected chi connectivity index (χ4v) is 3.53. The first kappa shape index (κ1) is 18.6. The Morgan fingerprint density at radius 1 is 0.893 bits per heavy atom. The number of nitrogens with one attached hydrogen (secondary N) is 1. The van der Waals surface area contributed by atoms with Gasteiger partial charge in [-0.2, -0.15) is 13.2 Å². The van der Waals surface area contributed by atoms with Gasteiger partial charge in [0.2, 0.25) is 0 Å². The summed E-state index contributed by atoms with van der Waals surface area (Å²) < 4.78 is 38.4. The van der Waals surface area contributed by atoms with Crippen molar-refractivity contribution in [2.75, 3.05) is 5.32 Å². The van der Waals surface area contributed by atoms with Crippen molar-refractivity contribution in [3.8, 4) is 11.1 Å². The number of aliphatic hydroxyl groups excluding tert-OH is 1. The second-order valence-electron chi connectivity index (χ2n) is 7.00. The van der Waals surface area contributed by atoms with E-state index in [0.29, 0.717) is 28.0 Å². The molecule has 0 unspecified atom stereocenters.